The Morgan fingerprint density at radius 1 is 0.917 bits per heavy atom. The van der Waals surface area contributed by atoms with Gasteiger partial charge in [0, 0.05) is 18.3 Å². The summed E-state index contributed by atoms with van der Waals surface area (Å²) in [6, 6.07) is 8.58. The zero-order valence-electron chi connectivity index (χ0n) is 14.1. The van der Waals surface area contributed by atoms with Crippen molar-refractivity contribution < 1.29 is 14.4 Å². The molecule has 0 aliphatic carbocycles. The fourth-order valence-corrected chi connectivity index (χ4v) is 3.07. The Morgan fingerprint density at radius 3 is 2.12 bits per heavy atom. The number of hydrogen-bond donors (Lipinski definition) is 1. The fraction of sp³-hybridized carbons (Fsp3) is 0.211. The van der Waals surface area contributed by atoms with E-state index in [0.29, 0.717) is 11.1 Å². The molecule has 0 unspecified atom stereocenters. The van der Waals surface area contributed by atoms with Crippen molar-refractivity contribution in [2.24, 2.45) is 0 Å². The zero-order chi connectivity index (χ0) is 17.6. The molecule has 122 valence electrons. The van der Waals surface area contributed by atoms with Gasteiger partial charge in [0.15, 0.2) is 0 Å². The van der Waals surface area contributed by atoms with Crippen LogP contribution in [0.3, 0.4) is 0 Å². The van der Waals surface area contributed by atoms with Crippen LogP contribution >= 0.6 is 0 Å². The highest BCUT2D eigenvalue weighted by Crippen LogP contribution is 2.25. The van der Waals surface area contributed by atoms with Crippen LogP contribution in [0.1, 0.15) is 47.8 Å². The SMILES string of the molecule is Cc1cc(C)c(NC(=O)c2ccc3c(c2)C(=O)N(C)C3=O)c(C)c1. The van der Waals surface area contributed by atoms with Gasteiger partial charge in [0.25, 0.3) is 17.7 Å². The van der Waals surface area contributed by atoms with Gasteiger partial charge in [-0.15, -0.1) is 0 Å². The molecule has 1 N–H and O–H groups in total. The third-order valence-electron chi connectivity index (χ3n) is 4.27. The highest BCUT2D eigenvalue weighted by Gasteiger charge is 2.33. The summed E-state index contributed by atoms with van der Waals surface area (Å²) in [5.41, 5.74) is 4.82. The number of aryl methyl sites for hydroxylation is 3. The van der Waals surface area contributed by atoms with Crippen molar-refractivity contribution in [2.75, 3.05) is 12.4 Å². The van der Waals surface area contributed by atoms with Crippen LogP contribution in [0, 0.1) is 20.8 Å². The maximum Gasteiger partial charge on any atom is 0.261 e. The van der Waals surface area contributed by atoms with E-state index in [1.807, 2.05) is 32.9 Å². The van der Waals surface area contributed by atoms with Crippen LogP contribution in [0.4, 0.5) is 5.69 Å². The van der Waals surface area contributed by atoms with Crippen LogP contribution in [0.2, 0.25) is 0 Å². The second-order valence-corrected chi connectivity index (χ2v) is 6.16. The van der Waals surface area contributed by atoms with Gasteiger partial charge in [-0.05, 0) is 50.1 Å². The number of carbonyl (C=O) groups excluding carboxylic acids is 3. The highest BCUT2D eigenvalue weighted by molar-refractivity contribution is 6.22. The van der Waals surface area contributed by atoms with Crippen LogP contribution in [0.5, 0.6) is 0 Å². The number of carbonyl (C=O) groups is 3. The van der Waals surface area contributed by atoms with E-state index in [2.05, 4.69) is 5.32 Å². The monoisotopic (exact) mass is 322 g/mol. The van der Waals surface area contributed by atoms with E-state index < -0.39 is 0 Å². The zero-order valence-corrected chi connectivity index (χ0v) is 14.1. The van der Waals surface area contributed by atoms with Crippen molar-refractivity contribution in [1.82, 2.24) is 4.90 Å². The molecule has 5 heteroatoms. The molecule has 1 aliphatic heterocycles. The second kappa shape index (κ2) is 5.60. The molecule has 0 radical (unpaired) electrons. The van der Waals surface area contributed by atoms with Crippen molar-refractivity contribution in [1.29, 1.82) is 0 Å². The van der Waals surface area contributed by atoms with Crippen molar-refractivity contribution in [3.8, 4) is 0 Å². The molecule has 2 aromatic carbocycles. The molecule has 5 nitrogen and oxygen atoms in total. The fourth-order valence-electron chi connectivity index (χ4n) is 3.07. The minimum Gasteiger partial charge on any atom is -0.322 e. The van der Waals surface area contributed by atoms with E-state index in [1.54, 1.807) is 6.07 Å². The van der Waals surface area contributed by atoms with Crippen molar-refractivity contribution >= 4 is 23.4 Å². The molecule has 0 bridgehead atoms. The van der Waals surface area contributed by atoms with E-state index in [4.69, 9.17) is 0 Å². The Morgan fingerprint density at radius 2 is 1.50 bits per heavy atom. The summed E-state index contributed by atoms with van der Waals surface area (Å²) in [6.07, 6.45) is 0. The average Bonchev–Trinajstić information content (AvgIpc) is 2.75. The van der Waals surface area contributed by atoms with Crippen LogP contribution in [0.25, 0.3) is 0 Å². The van der Waals surface area contributed by atoms with Crippen LogP contribution < -0.4 is 5.32 Å². The molecular formula is C19H18N2O3. The van der Waals surface area contributed by atoms with Gasteiger partial charge in [-0.2, -0.15) is 0 Å². The number of imide groups is 1. The molecule has 0 spiro atoms. The summed E-state index contributed by atoms with van der Waals surface area (Å²) >= 11 is 0. The maximum absolute atomic E-state index is 12.6. The molecule has 2 aromatic rings. The molecular weight excluding hydrogens is 304 g/mol. The van der Waals surface area contributed by atoms with Gasteiger partial charge >= 0.3 is 0 Å². The van der Waals surface area contributed by atoms with E-state index in [9.17, 15) is 14.4 Å². The Balaban J connectivity index is 1.93. The first-order chi connectivity index (χ1) is 11.3. The summed E-state index contributed by atoms with van der Waals surface area (Å²) < 4.78 is 0. The average molecular weight is 322 g/mol. The van der Waals surface area contributed by atoms with Crippen molar-refractivity contribution in [3.05, 3.63) is 63.7 Å². The Labute approximate surface area is 140 Å². The number of nitrogens with zero attached hydrogens (tertiary/aromatic N) is 1. The predicted octanol–water partition coefficient (Wildman–Crippen LogP) is 3.09. The number of anilines is 1. The number of rotatable bonds is 2. The Bertz CT molecular complexity index is 876. The molecule has 1 aliphatic rings. The molecule has 0 saturated carbocycles. The van der Waals surface area contributed by atoms with E-state index in [0.717, 1.165) is 27.3 Å². The number of hydrogen-bond acceptors (Lipinski definition) is 3. The molecule has 0 aromatic heterocycles. The molecule has 24 heavy (non-hydrogen) atoms. The number of amides is 3. The second-order valence-electron chi connectivity index (χ2n) is 6.16. The lowest BCUT2D eigenvalue weighted by Crippen LogP contribution is -2.24. The summed E-state index contributed by atoms with van der Waals surface area (Å²) in [6.45, 7) is 5.89. The lowest BCUT2D eigenvalue weighted by Gasteiger charge is -2.13. The topological polar surface area (TPSA) is 66.5 Å². The van der Waals surface area contributed by atoms with Gasteiger partial charge in [-0.3, -0.25) is 19.3 Å². The van der Waals surface area contributed by atoms with Crippen molar-refractivity contribution in [2.45, 2.75) is 20.8 Å². The molecule has 3 rings (SSSR count). The molecule has 1 heterocycles. The third-order valence-corrected chi connectivity index (χ3v) is 4.27. The van der Waals surface area contributed by atoms with Gasteiger partial charge in [-0.1, -0.05) is 17.7 Å². The van der Waals surface area contributed by atoms with Gasteiger partial charge < -0.3 is 5.32 Å². The standard InChI is InChI=1S/C19H18N2O3/c1-10-7-11(2)16(12(3)8-10)20-17(22)13-5-6-14-15(9-13)19(24)21(4)18(14)23/h5-9H,1-4H3,(H,20,22). The summed E-state index contributed by atoms with van der Waals surface area (Å²) in [5, 5.41) is 2.90. The van der Waals surface area contributed by atoms with Crippen LogP contribution in [-0.2, 0) is 0 Å². The van der Waals surface area contributed by atoms with Gasteiger partial charge in [0.2, 0.25) is 0 Å². The number of benzene rings is 2. The normalized spacial score (nSPS) is 13.2. The lowest BCUT2D eigenvalue weighted by atomic mass is 10.0. The van der Waals surface area contributed by atoms with Gasteiger partial charge in [0.05, 0.1) is 11.1 Å². The minimum atomic E-state index is -0.382. The Kier molecular flexibility index (Phi) is 3.72. The minimum absolute atomic E-state index is 0.271. The van der Waals surface area contributed by atoms with E-state index >= 15 is 0 Å². The molecule has 0 fully saturated rings. The quantitative estimate of drug-likeness (QED) is 0.864. The summed E-state index contributed by atoms with van der Waals surface area (Å²) in [4.78, 5) is 37.6. The number of fused-ring (bicyclic) bond motifs is 1. The van der Waals surface area contributed by atoms with E-state index in [1.165, 1.54) is 19.2 Å². The van der Waals surface area contributed by atoms with Gasteiger partial charge in [-0.25, -0.2) is 0 Å². The first kappa shape index (κ1) is 15.9. The largest absolute Gasteiger partial charge is 0.322 e. The first-order valence-corrected chi connectivity index (χ1v) is 7.65. The van der Waals surface area contributed by atoms with Crippen LogP contribution in [0.15, 0.2) is 30.3 Å². The molecule has 3 amide bonds. The third kappa shape index (κ3) is 2.48. The highest BCUT2D eigenvalue weighted by atomic mass is 16.2. The van der Waals surface area contributed by atoms with Gasteiger partial charge in [0.1, 0.15) is 0 Å². The molecule has 0 atom stereocenters. The lowest BCUT2D eigenvalue weighted by molar-refractivity contribution is 0.0693. The first-order valence-electron chi connectivity index (χ1n) is 7.65. The molecule has 0 saturated heterocycles. The number of nitrogens with one attached hydrogen (secondary N) is 1. The van der Waals surface area contributed by atoms with Crippen molar-refractivity contribution in [3.63, 3.8) is 0 Å². The Hall–Kier alpha value is -2.95. The summed E-state index contributed by atoms with van der Waals surface area (Å²) in [7, 11) is 1.43. The summed E-state index contributed by atoms with van der Waals surface area (Å²) in [5.74, 6) is -1.03. The smallest absolute Gasteiger partial charge is 0.261 e. The van der Waals surface area contributed by atoms with E-state index in [-0.39, 0.29) is 23.3 Å². The maximum atomic E-state index is 12.6. The predicted molar refractivity (Wildman–Crippen MR) is 91.5 cm³/mol. The van der Waals surface area contributed by atoms with Crippen LogP contribution in [-0.4, -0.2) is 29.7 Å².